The van der Waals surface area contributed by atoms with Crippen LogP contribution in [0.3, 0.4) is 0 Å². The van der Waals surface area contributed by atoms with E-state index in [-0.39, 0.29) is 24.9 Å². The molecule has 0 atom stereocenters. The molecule has 1 N–H and O–H groups in total. The predicted molar refractivity (Wildman–Crippen MR) is 143 cm³/mol. The number of benzene rings is 2. The fourth-order valence-electron chi connectivity index (χ4n) is 4.20. The van der Waals surface area contributed by atoms with Crippen LogP contribution in [0.2, 0.25) is 0 Å². The van der Waals surface area contributed by atoms with Gasteiger partial charge >= 0.3 is 12.1 Å². The number of nitrogens with zero attached hydrogens (tertiary/aromatic N) is 2. The summed E-state index contributed by atoms with van der Waals surface area (Å²) in [6, 6.07) is 12.1. The quantitative estimate of drug-likeness (QED) is 0.307. The second-order valence-corrected chi connectivity index (χ2v) is 10.2. The van der Waals surface area contributed by atoms with Crippen LogP contribution in [-0.2, 0) is 33.3 Å². The third-order valence-corrected chi connectivity index (χ3v) is 6.46. The van der Waals surface area contributed by atoms with Crippen LogP contribution in [0.1, 0.15) is 61.9 Å². The number of amides is 1. The molecule has 1 aliphatic rings. The van der Waals surface area contributed by atoms with Gasteiger partial charge in [-0.3, -0.25) is 4.79 Å². The maximum Gasteiger partial charge on any atom is 0.416 e. The molecular formula is C30H32F3N3O4. The van der Waals surface area contributed by atoms with E-state index >= 15 is 0 Å². The Morgan fingerprint density at radius 1 is 1.07 bits per heavy atom. The molecule has 7 nitrogen and oxygen atoms in total. The van der Waals surface area contributed by atoms with E-state index in [4.69, 9.17) is 9.47 Å². The number of ether oxygens (including phenoxy) is 2. The first-order valence-electron chi connectivity index (χ1n) is 13.2. The molecule has 0 aliphatic heterocycles. The number of rotatable bonds is 11. The van der Waals surface area contributed by atoms with Crippen LogP contribution in [0.25, 0.3) is 11.4 Å². The third kappa shape index (κ3) is 7.58. The van der Waals surface area contributed by atoms with E-state index in [2.05, 4.69) is 15.3 Å². The Morgan fingerprint density at radius 3 is 2.45 bits per heavy atom. The average Bonchev–Trinajstić information content (AvgIpc) is 3.74. The second kappa shape index (κ2) is 12.1. The van der Waals surface area contributed by atoms with Crippen LogP contribution >= 0.6 is 0 Å². The smallest absolute Gasteiger partial charge is 0.416 e. The van der Waals surface area contributed by atoms with Crippen LogP contribution in [0.5, 0.6) is 5.75 Å². The second-order valence-electron chi connectivity index (χ2n) is 10.2. The standard InChI is InChI=1S/C30H32F3N3O4/c1-4-39-28(38)29(2,3)40-24-7-5-6-19(16-24)14-15-34-25(37)17-22-18-35-27(36-26(22)20-8-9-20)21-10-12-23(13-11-21)30(31,32)33/h5-7,10-13,16,18,20H,4,8-9,14-15,17H2,1-3H3,(H,34,37). The van der Waals surface area contributed by atoms with Gasteiger partial charge in [0, 0.05) is 29.8 Å². The number of hydrogen-bond donors (Lipinski definition) is 1. The zero-order valence-electron chi connectivity index (χ0n) is 22.7. The monoisotopic (exact) mass is 555 g/mol. The fourth-order valence-corrected chi connectivity index (χ4v) is 4.20. The lowest BCUT2D eigenvalue weighted by Gasteiger charge is -2.24. The van der Waals surface area contributed by atoms with Gasteiger partial charge in [0.1, 0.15) is 5.75 Å². The van der Waals surface area contributed by atoms with E-state index in [1.165, 1.54) is 12.1 Å². The van der Waals surface area contributed by atoms with Gasteiger partial charge in [0.15, 0.2) is 11.4 Å². The van der Waals surface area contributed by atoms with Crippen molar-refractivity contribution in [1.82, 2.24) is 15.3 Å². The van der Waals surface area contributed by atoms with Gasteiger partial charge in [0.25, 0.3) is 0 Å². The lowest BCUT2D eigenvalue weighted by atomic mass is 10.1. The molecule has 3 aromatic rings. The summed E-state index contributed by atoms with van der Waals surface area (Å²) in [7, 11) is 0. The van der Waals surface area contributed by atoms with Crippen molar-refractivity contribution >= 4 is 11.9 Å². The summed E-state index contributed by atoms with van der Waals surface area (Å²) in [6.45, 7) is 5.69. The first-order chi connectivity index (χ1) is 19.0. The maximum absolute atomic E-state index is 12.9. The molecule has 0 bridgehead atoms. The number of alkyl halides is 3. The van der Waals surface area contributed by atoms with E-state index in [1.54, 1.807) is 33.0 Å². The third-order valence-electron chi connectivity index (χ3n) is 6.46. The summed E-state index contributed by atoms with van der Waals surface area (Å²) in [5.41, 5.74) is 1.04. The van der Waals surface area contributed by atoms with Gasteiger partial charge in [-0.15, -0.1) is 0 Å². The molecule has 212 valence electrons. The summed E-state index contributed by atoms with van der Waals surface area (Å²) in [6.07, 6.45) is -0.253. The highest BCUT2D eigenvalue weighted by Gasteiger charge is 2.32. The average molecular weight is 556 g/mol. The molecule has 0 unspecified atom stereocenters. The molecule has 0 saturated heterocycles. The van der Waals surface area contributed by atoms with Gasteiger partial charge in [-0.05, 0) is 69.9 Å². The summed E-state index contributed by atoms with van der Waals surface area (Å²) < 4.78 is 49.6. The lowest BCUT2D eigenvalue weighted by molar-refractivity contribution is -0.158. The Morgan fingerprint density at radius 2 is 1.80 bits per heavy atom. The van der Waals surface area contributed by atoms with Crippen molar-refractivity contribution in [2.45, 2.75) is 64.1 Å². The SMILES string of the molecule is CCOC(=O)C(C)(C)Oc1cccc(CCNC(=O)Cc2cnc(-c3ccc(C(F)(F)F)cc3)nc2C2CC2)c1. The normalized spacial score (nSPS) is 13.6. The lowest BCUT2D eigenvalue weighted by Crippen LogP contribution is -2.39. The number of hydrogen-bond acceptors (Lipinski definition) is 6. The van der Waals surface area contributed by atoms with Crippen LogP contribution in [0.4, 0.5) is 13.2 Å². The number of esters is 1. The maximum atomic E-state index is 12.9. The number of nitrogens with one attached hydrogen (secondary N) is 1. The van der Waals surface area contributed by atoms with Gasteiger partial charge in [0.2, 0.25) is 5.91 Å². The van der Waals surface area contributed by atoms with E-state index in [0.29, 0.717) is 35.7 Å². The zero-order valence-corrected chi connectivity index (χ0v) is 22.7. The highest BCUT2D eigenvalue weighted by molar-refractivity contribution is 5.79. The van der Waals surface area contributed by atoms with Gasteiger partial charge < -0.3 is 14.8 Å². The molecule has 0 spiro atoms. The van der Waals surface area contributed by atoms with Crippen LogP contribution < -0.4 is 10.1 Å². The minimum absolute atomic E-state index is 0.107. The predicted octanol–water partition coefficient (Wildman–Crippen LogP) is 5.66. The molecule has 0 radical (unpaired) electrons. The first-order valence-corrected chi connectivity index (χ1v) is 13.2. The highest BCUT2D eigenvalue weighted by atomic mass is 19.4. The van der Waals surface area contributed by atoms with Gasteiger partial charge in [-0.1, -0.05) is 24.3 Å². The van der Waals surface area contributed by atoms with Crippen molar-refractivity contribution in [2.75, 3.05) is 13.2 Å². The van der Waals surface area contributed by atoms with E-state index < -0.39 is 23.3 Å². The molecule has 4 rings (SSSR count). The Balaban J connectivity index is 1.35. The molecule has 10 heteroatoms. The summed E-state index contributed by atoms with van der Waals surface area (Å²) in [4.78, 5) is 33.8. The molecule has 1 amide bonds. The molecular weight excluding hydrogens is 523 g/mol. The summed E-state index contributed by atoms with van der Waals surface area (Å²) >= 11 is 0. The van der Waals surface area contributed by atoms with Crippen molar-refractivity contribution in [3.63, 3.8) is 0 Å². The Labute approximate surface area is 231 Å². The summed E-state index contributed by atoms with van der Waals surface area (Å²) in [5.74, 6) is 0.466. The van der Waals surface area contributed by atoms with E-state index in [1.807, 2.05) is 18.2 Å². The van der Waals surface area contributed by atoms with Crippen LogP contribution in [0.15, 0.2) is 54.7 Å². The van der Waals surface area contributed by atoms with Crippen molar-refractivity contribution in [3.8, 4) is 17.1 Å². The minimum atomic E-state index is -4.41. The topological polar surface area (TPSA) is 90.4 Å². The zero-order chi connectivity index (χ0) is 28.9. The Hall–Kier alpha value is -3.95. The Kier molecular flexibility index (Phi) is 8.76. The number of aromatic nitrogens is 2. The van der Waals surface area contributed by atoms with Crippen LogP contribution in [-0.4, -0.2) is 40.6 Å². The summed E-state index contributed by atoms with van der Waals surface area (Å²) in [5, 5.41) is 2.92. The van der Waals surface area contributed by atoms with Crippen molar-refractivity contribution in [2.24, 2.45) is 0 Å². The first kappa shape index (κ1) is 29.0. The number of carbonyl (C=O) groups is 2. The van der Waals surface area contributed by atoms with Gasteiger partial charge in [-0.2, -0.15) is 13.2 Å². The number of carbonyl (C=O) groups excluding carboxylic acids is 2. The van der Waals surface area contributed by atoms with Crippen molar-refractivity contribution in [3.05, 3.63) is 77.1 Å². The van der Waals surface area contributed by atoms with Crippen LogP contribution in [0, 0.1) is 0 Å². The highest BCUT2D eigenvalue weighted by Crippen LogP contribution is 2.41. The van der Waals surface area contributed by atoms with Gasteiger partial charge in [0.05, 0.1) is 24.3 Å². The minimum Gasteiger partial charge on any atom is -0.476 e. The largest absolute Gasteiger partial charge is 0.476 e. The van der Waals surface area contributed by atoms with E-state index in [9.17, 15) is 22.8 Å². The van der Waals surface area contributed by atoms with Crippen molar-refractivity contribution < 1.29 is 32.2 Å². The molecule has 1 fully saturated rings. The van der Waals surface area contributed by atoms with Crippen molar-refractivity contribution in [1.29, 1.82) is 0 Å². The molecule has 40 heavy (non-hydrogen) atoms. The number of halogens is 3. The molecule has 1 saturated carbocycles. The Bertz CT molecular complexity index is 1350. The van der Waals surface area contributed by atoms with E-state index in [0.717, 1.165) is 36.2 Å². The molecule has 2 aromatic carbocycles. The van der Waals surface area contributed by atoms with Gasteiger partial charge in [-0.25, -0.2) is 14.8 Å². The fraction of sp³-hybridized carbons (Fsp3) is 0.400. The molecule has 1 aliphatic carbocycles. The molecule has 1 aromatic heterocycles. The molecule has 1 heterocycles.